The fourth-order valence-electron chi connectivity index (χ4n) is 1.59. The second-order valence-corrected chi connectivity index (χ2v) is 5.35. The molecule has 0 aliphatic carbocycles. The van der Waals surface area contributed by atoms with E-state index in [-0.39, 0.29) is 17.3 Å². The summed E-state index contributed by atoms with van der Waals surface area (Å²) in [5.41, 5.74) is 0.308. The number of terminal acetylenes is 1. The van der Waals surface area contributed by atoms with Gasteiger partial charge in [0.15, 0.2) is 0 Å². The second kappa shape index (κ2) is 7.75. The maximum atomic E-state index is 11.8. The Labute approximate surface area is 131 Å². The number of urea groups is 1. The zero-order valence-corrected chi connectivity index (χ0v) is 13.1. The first-order valence-electron chi connectivity index (χ1n) is 6.01. The molecule has 0 saturated carbocycles. The largest absolute Gasteiger partial charge is 0.478 e. The lowest BCUT2D eigenvalue weighted by atomic mass is 10.1. The van der Waals surface area contributed by atoms with Crippen LogP contribution >= 0.6 is 22.6 Å². The van der Waals surface area contributed by atoms with Gasteiger partial charge in [0.2, 0.25) is 0 Å². The minimum atomic E-state index is -1.09. The van der Waals surface area contributed by atoms with Gasteiger partial charge in [-0.2, -0.15) is 0 Å². The van der Waals surface area contributed by atoms with E-state index in [2.05, 4.69) is 16.6 Å². The Morgan fingerprint density at radius 3 is 2.75 bits per heavy atom. The highest BCUT2D eigenvalue weighted by Gasteiger charge is 2.14. The maximum Gasteiger partial charge on any atom is 0.337 e. The number of carboxylic acids is 1. The fraction of sp³-hybridized carbons (Fsp3) is 0.286. The zero-order chi connectivity index (χ0) is 15.1. The molecular formula is C14H15IN2O3. The Hall–Kier alpha value is -1.75. The summed E-state index contributed by atoms with van der Waals surface area (Å²) in [4.78, 5) is 23.0. The van der Waals surface area contributed by atoms with Crippen LogP contribution < -0.4 is 10.6 Å². The van der Waals surface area contributed by atoms with E-state index in [0.717, 1.165) is 3.57 Å². The Balaban J connectivity index is 2.81. The van der Waals surface area contributed by atoms with Gasteiger partial charge in [-0.05, 0) is 47.2 Å². The van der Waals surface area contributed by atoms with Gasteiger partial charge in [0.05, 0.1) is 11.3 Å². The average molecular weight is 386 g/mol. The van der Waals surface area contributed by atoms with Crippen molar-refractivity contribution >= 4 is 40.3 Å². The molecule has 0 bridgehead atoms. The molecule has 0 fully saturated rings. The third kappa shape index (κ3) is 4.74. The van der Waals surface area contributed by atoms with Gasteiger partial charge in [-0.3, -0.25) is 0 Å². The molecule has 0 aliphatic heterocycles. The van der Waals surface area contributed by atoms with E-state index in [0.29, 0.717) is 12.8 Å². The Morgan fingerprint density at radius 2 is 2.20 bits per heavy atom. The van der Waals surface area contributed by atoms with Crippen molar-refractivity contribution in [1.82, 2.24) is 5.32 Å². The van der Waals surface area contributed by atoms with E-state index in [4.69, 9.17) is 11.5 Å². The van der Waals surface area contributed by atoms with Crippen molar-refractivity contribution in [3.05, 3.63) is 27.3 Å². The van der Waals surface area contributed by atoms with Crippen molar-refractivity contribution < 1.29 is 14.7 Å². The third-order valence-corrected chi connectivity index (χ3v) is 3.32. The normalized spacial score (nSPS) is 11.2. The standard InChI is InChI=1S/C14H15IN2O3/c1-3-5-10(4-2)16-14(20)17-12-7-6-9(15)8-11(12)13(18)19/h1,6-8,10H,4-5H2,2H3,(H,18,19)(H2,16,17,20). The number of halogens is 1. The third-order valence-electron chi connectivity index (χ3n) is 2.65. The van der Waals surface area contributed by atoms with Gasteiger partial charge < -0.3 is 15.7 Å². The molecule has 0 spiro atoms. The molecule has 1 unspecified atom stereocenters. The van der Waals surface area contributed by atoms with Crippen LogP contribution in [-0.2, 0) is 0 Å². The van der Waals surface area contributed by atoms with Gasteiger partial charge in [0, 0.05) is 16.0 Å². The second-order valence-electron chi connectivity index (χ2n) is 4.11. The average Bonchev–Trinajstić information content (AvgIpc) is 2.40. The lowest BCUT2D eigenvalue weighted by molar-refractivity contribution is 0.0698. The summed E-state index contributed by atoms with van der Waals surface area (Å²) in [7, 11) is 0. The first kappa shape index (κ1) is 16.3. The number of carbonyl (C=O) groups excluding carboxylic acids is 1. The topological polar surface area (TPSA) is 78.4 Å². The number of rotatable bonds is 5. The van der Waals surface area contributed by atoms with E-state index in [9.17, 15) is 9.59 Å². The van der Waals surface area contributed by atoms with Crippen molar-refractivity contribution in [3.63, 3.8) is 0 Å². The zero-order valence-electron chi connectivity index (χ0n) is 10.9. The van der Waals surface area contributed by atoms with Gasteiger partial charge in [-0.1, -0.05) is 6.92 Å². The van der Waals surface area contributed by atoms with Crippen LogP contribution in [-0.4, -0.2) is 23.1 Å². The number of nitrogens with one attached hydrogen (secondary N) is 2. The van der Waals surface area contributed by atoms with Crippen LogP contribution in [0.4, 0.5) is 10.5 Å². The van der Waals surface area contributed by atoms with Gasteiger partial charge >= 0.3 is 12.0 Å². The highest BCUT2D eigenvalue weighted by molar-refractivity contribution is 14.1. The molecule has 5 nitrogen and oxygen atoms in total. The number of hydrogen-bond acceptors (Lipinski definition) is 2. The maximum absolute atomic E-state index is 11.8. The predicted molar refractivity (Wildman–Crippen MR) is 85.8 cm³/mol. The summed E-state index contributed by atoms with van der Waals surface area (Å²) in [6.45, 7) is 1.91. The van der Waals surface area contributed by atoms with Crippen LogP contribution in [0.1, 0.15) is 30.1 Å². The molecule has 1 rings (SSSR count). The minimum absolute atomic E-state index is 0.0528. The molecule has 0 radical (unpaired) electrons. The number of aromatic carboxylic acids is 1. The summed E-state index contributed by atoms with van der Waals surface area (Å²) in [5, 5.41) is 14.4. The first-order valence-corrected chi connectivity index (χ1v) is 7.09. The van der Waals surface area contributed by atoms with Crippen LogP contribution in [0.3, 0.4) is 0 Å². The molecule has 106 valence electrons. The molecule has 20 heavy (non-hydrogen) atoms. The Bertz CT molecular complexity index is 552. The van der Waals surface area contributed by atoms with Crippen LogP contribution in [0.5, 0.6) is 0 Å². The smallest absolute Gasteiger partial charge is 0.337 e. The molecule has 1 aromatic rings. The van der Waals surface area contributed by atoms with Crippen molar-refractivity contribution in [2.75, 3.05) is 5.32 Å². The Kier molecular flexibility index (Phi) is 6.31. The summed E-state index contributed by atoms with van der Waals surface area (Å²) in [5.74, 6) is 1.40. The summed E-state index contributed by atoms with van der Waals surface area (Å²) < 4.78 is 0.782. The lowest BCUT2D eigenvalue weighted by Gasteiger charge is -2.16. The highest BCUT2D eigenvalue weighted by atomic mass is 127. The molecule has 0 aliphatic rings. The first-order chi connectivity index (χ1) is 9.47. The van der Waals surface area contributed by atoms with Crippen LogP contribution in [0, 0.1) is 15.9 Å². The van der Waals surface area contributed by atoms with Crippen molar-refractivity contribution in [1.29, 1.82) is 0 Å². The van der Waals surface area contributed by atoms with Crippen LogP contribution in [0.15, 0.2) is 18.2 Å². The van der Waals surface area contributed by atoms with E-state index >= 15 is 0 Å². The van der Waals surface area contributed by atoms with Gasteiger partial charge in [-0.25, -0.2) is 9.59 Å². The van der Waals surface area contributed by atoms with E-state index in [1.807, 2.05) is 29.5 Å². The molecule has 1 aromatic carbocycles. The predicted octanol–water partition coefficient (Wildman–Crippen LogP) is 2.91. The molecular weight excluding hydrogens is 371 g/mol. The van der Waals surface area contributed by atoms with Crippen molar-refractivity contribution in [3.8, 4) is 12.3 Å². The number of carboxylic acid groups (broad SMARTS) is 1. The van der Waals surface area contributed by atoms with E-state index in [1.54, 1.807) is 12.1 Å². The molecule has 6 heteroatoms. The quantitative estimate of drug-likeness (QED) is 0.538. The number of amides is 2. The van der Waals surface area contributed by atoms with Crippen molar-refractivity contribution in [2.45, 2.75) is 25.8 Å². The molecule has 0 heterocycles. The van der Waals surface area contributed by atoms with E-state index < -0.39 is 12.0 Å². The Morgan fingerprint density at radius 1 is 1.50 bits per heavy atom. The summed E-state index contributed by atoms with van der Waals surface area (Å²) >= 11 is 2.01. The highest BCUT2D eigenvalue weighted by Crippen LogP contribution is 2.19. The monoisotopic (exact) mass is 386 g/mol. The van der Waals surface area contributed by atoms with Crippen LogP contribution in [0.2, 0.25) is 0 Å². The lowest BCUT2D eigenvalue weighted by Crippen LogP contribution is -2.37. The summed E-state index contributed by atoms with van der Waals surface area (Å²) in [6, 6.07) is 4.19. The summed E-state index contributed by atoms with van der Waals surface area (Å²) in [6.07, 6.45) is 6.35. The molecule has 3 N–H and O–H groups in total. The number of carbonyl (C=O) groups is 2. The molecule has 1 atom stereocenters. The minimum Gasteiger partial charge on any atom is -0.478 e. The fourth-order valence-corrected chi connectivity index (χ4v) is 2.08. The number of benzene rings is 1. The number of anilines is 1. The van der Waals surface area contributed by atoms with Crippen molar-refractivity contribution in [2.24, 2.45) is 0 Å². The van der Waals surface area contributed by atoms with Gasteiger partial charge in [-0.15, -0.1) is 12.3 Å². The van der Waals surface area contributed by atoms with E-state index in [1.165, 1.54) is 6.07 Å². The van der Waals surface area contributed by atoms with Crippen LogP contribution in [0.25, 0.3) is 0 Å². The SMILES string of the molecule is C#CCC(CC)NC(=O)Nc1ccc(I)cc1C(=O)O. The van der Waals surface area contributed by atoms with Gasteiger partial charge in [0.1, 0.15) is 0 Å². The van der Waals surface area contributed by atoms with Gasteiger partial charge in [0.25, 0.3) is 0 Å². The molecule has 2 amide bonds. The number of hydrogen-bond donors (Lipinski definition) is 3. The molecule has 0 aromatic heterocycles. The molecule has 0 saturated heterocycles.